The SMILES string of the molecule is COC(C)c1ccc(C)cc1N. The molecule has 0 aliphatic heterocycles. The van der Waals surface area contributed by atoms with Crippen molar-refractivity contribution in [1.82, 2.24) is 0 Å². The quantitative estimate of drug-likeness (QED) is 0.682. The molecule has 1 aromatic rings. The van der Waals surface area contributed by atoms with Gasteiger partial charge in [-0.3, -0.25) is 0 Å². The summed E-state index contributed by atoms with van der Waals surface area (Å²) in [6, 6.07) is 6.02. The summed E-state index contributed by atoms with van der Waals surface area (Å²) in [5.41, 5.74) is 8.87. The zero-order valence-electron chi connectivity index (χ0n) is 7.79. The van der Waals surface area contributed by atoms with Gasteiger partial charge in [0.05, 0.1) is 6.10 Å². The molecule has 0 radical (unpaired) electrons. The van der Waals surface area contributed by atoms with Gasteiger partial charge in [-0.05, 0) is 25.5 Å². The third-order valence-electron chi connectivity index (χ3n) is 2.03. The molecule has 0 aliphatic rings. The zero-order chi connectivity index (χ0) is 9.14. The number of nitrogen functional groups attached to an aromatic ring is 1. The summed E-state index contributed by atoms with van der Waals surface area (Å²) in [7, 11) is 1.68. The van der Waals surface area contributed by atoms with Crippen LogP contribution >= 0.6 is 0 Å². The molecule has 0 aliphatic carbocycles. The number of hydrogen-bond donors (Lipinski definition) is 1. The minimum atomic E-state index is 0.0746. The highest BCUT2D eigenvalue weighted by Crippen LogP contribution is 2.23. The van der Waals surface area contributed by atoms with Gasteiger partial charge in [-0.15, -0.1) is 0 Å². The fraction of sp³-hybridized carbons (Fsp3) is 0.400. The van der Waals surface area contributed by atoms with Crippen molar-refractivity contribution in [3.8, 4) is 0 Å². The Hall–Kier alpha value is -1.02. The summed E-state index contributed by atoms with van der Waals surface area (Å²) in [4.78, 5) is 0. The molecule has 0 aromatic heterocycles. The van der Waals surface area contributed by atoms with Crippen LogP contribution in [-0.2, 0) is 4.74 Å². The van der Waals surface area contributed by atoms with E-state index in [2.05, 4.69) is 0 Å². The molecule has 0 saturated carbocycles. The Labute approximate surface area is 73.3 Å². The average Bonchev–Trinajstić information content (AvgIpc) is 2.03. The Kier molecular flexibility index (Phi) is 2.71. The van der Waals surface area contributed by atoms with Gasteiger partial charge >= 0.3 is 0 Å². The highest BCUT2D eigenvalue weighted by Gasteiger charge is 2.06. The fourth-order valence-corrected chi connectivity index (χ4v) is 1.19. The number of methoxy groups -OCH3 is 1. The standard InChI is InChI=1S/C10H15NO/c1-7-4-5-9(8(2)12-3)10(11)6-7/h4-6,8H,11H2,1-3H3. The molecule has 2 nitrogen and oxygen atoms in total. The van der Waals surface area contributed by atoms with Gasteiger partial charge < -0.3 is 10.5 Å². The molecule has 0 fully saturated rings. The van der Waals surface area contributed by atoms with Crippen molar-refractivity contribution in [2.75, 3.05) is 12.8 Å². The first-order chi connectivity index (χ1) is 5.65. The van der Waals surface area contributed by atoms with E-state index in [9.17, 15) is 0 Å². The summed E-state index contributed by atoms with van der Waals surface area (Å²) < 4.78 is 5.18. The number of rotatable bonds is 2. The van der Waals surface area contributed by atoms with E-state index >= 15 is 0 Å². The summed E-state index contributed by atoms with van der Waals surface area (Å²) >= 11 is 0. The highest BCUT2D eigenvalue weighted by atomic mass is 16.5. The molecule has 1 aromatic carbocycles. The number of nitrogens with two attached hydrogens (primary N) is 1. The van der Waals surface area contributed by atoms with Crippen molar-refractivity contribution >= 4 is 5.69 Å². The molecule has 0 amide bonds. The maximum absolute atomic E-state index is 5.82. The molecular weight excluding hydrogens is 150 g/mol. The molecule has 1 unspecified atom stereocenters. The first kappa shape index (κ1) is 9.07. The minimum Gasteiger partial charge on any atom is -0.398 e. The molecular formula is C10H15NO. The third kappa shape index (κ3) is 1.77. The van der Waals surface area contributed by atoms with E-state index < -0.39 is 0 Å². The summed E-state index contributed by atoms with van der Waals surface area (Å²) in [6.45, 7) is 4.01. The molecule has 66 valence electrons. The van der Waals surface area contributed by atoms with E-state index in [1.54, 1.807) is 7.11 Å². The van der Waals surface area contributed by atoms with Crippen LogP contribution in [0.2, 0.25) is 0 Å². The Morgan fingerprint density at radius 1 is 1.42 bits per heavy atom. The van der Waals surface area contributed by atoms with Gasteiger partial charge in [0.1, 0.15) is 0 Å². The van der Waals surface area contributed by atoms with Crippen molar-refractivity contribution in [3.63, 3.8) is 0 Å². The highest BCUT2D eigenvalue weighted by molar-refractivity contribution is 5.49. The van der Waals surface area contributed by atoms with Crippen LogP contribution in [0.25, 0.3) is 0 Å². The summed E-state index contributed by atoms with van der Waals surface area (Å²) in [5, 5.41) is 0. The number of hydrogen-bond acceptors (Lipinski definition) is 2. The van der Waals surface area contributed by atoms with E-state index in [1.807, 2.05) is 32.0 Å². The normalized spacial score (nSPS) is 12.9. The second kappa shape index (κ2) is 3.59. The number of benzene rings is 1. The number of ether oxygens (including phenoxy) is 1. The Balaban J connectivity index is 3.01. The van der Waals surface area contributed by atoms with Crippen LogP contribution < -0.4 is 5.73 Å². The molecule has 0 heterocycles. The fourth-order valence-electron chi connectivity index (χ4n) is 1.19. The maximum Gasteiger partial charge on any atom is 0.0812 e. The Bertz CT molecular complexity index is 271. The summed E-state index contributed by atoms with van der Waals surface area (Å²) in [6.07, 6.45) is 0.0746. The second-order valence-electron chi connectivity index (χ2n) is 3.01. The Morgan fingerprint density at radius 3 is 2.58 bits per heavy atom. The Morgan fingerprint density at radius 2 is 2.08 bits per heavy atom. The number of anilines is 1. The first-order valence-corrected chi connectivity index (χ1v) is 4.04. The van der Waals surface area contributed by atoms with Crippen LogP contribution in [0.3, 0.4) is 0 Å². The predicted molar refractivity (Wildman–Crippen MR) is 51.0 cm³/mol. The molecule has 0 bridgehead atoms. The van der Waals surface area contributed by atoms with E-state index in [0.29, 0.717) is 0 Å². The minimum absolute atomic E-state index is 0.0746. The van der Waals surface area contributed by atoms with E-state index in [1.165, 1.54) is 5.56 Å². The van der Waals surface area contributed by atoms with Crippen LogP contribution in [0.4, 0.5) is 5.69 Å². The lowest BCUT2D eigenvalue weighted by molar-refractivity contribution is 0.120. The van der Waals surface area contributed by atoms with Crippen LogP contribution in [-0.4, -0.2) is 7.11 Å². The topological polar surface area (TPSA) is 35.2 Å². The molecule has 0 saturated heterocycles. The molecule has 1 rings (SSSR count). The largest absolute Gasteiger partial charge is 0.398 e. The van der Waals surface area contributed by atoms with Crippen molar-refractivity contribution in [2.24, 2.45) is 0 Å². The molecule has 12 heavy (non-hydrogen) atoms. The lowest BCUT2D eigenvalue weighted by atomic mass is 10.1. The zero-order valence-corrected chi connectivity index (χ0v) is 7.79. The van der Waals surface area contributed by atoms with Crippen LogP contribution in [0.5, 0.6) is 0 Å². The molecule has 2 N–H and O–H groups in total. The monoisotopic (exact) mass is 165 g/mol. The van der Waals surface area contributed by atoms with Gasteiger partial charge in [-0.2, -0.15) is 0 Å². The van der Waals surface area contributed by atoms with E-state index in [4.69, 9.17) is 10.5 Å². The molecule has 1 atom stereocenters. The van der Waals surface area contributed by atoms with Crippen molar-refractivity contribution < 1.29 is 4.74 Å². The van der Waals surface area contributed by atoms with Gasteiger partial charge in [0.15, 0.2) is 0 Å². The van der Waals surface area contributed by atoms with Crippen LogP contribution in [0, 0.1) is 6.92 Å². The second-order valence-corrected chi connectivity index (χ2v) is 3.01. The van der Waals surface area contributed by atoms with Gasteiger partial charge in [0.2, 0.25) is 0 Å². The van der Waals surface area contributed by atoms with E-state index in [0.717, 1.165) is 11.3 Å². The van der Waals surface area contributed by atoms with Crippen LogP contribution in [0.1, 0.15) is 24.2 Å². The number of aryl methyl sites for hydroxylation is 1. The lowest BCUT2D eigenvalue weighted by Crippen LogP contribution is -2.01. The van der Waals surface area contributed by atoms with Crippen molar-refractivity contribution in [2.45, 2.75) is 20.0 Å². The van der Waals surface area contributed by atoms with E-state index in [-0.39, 0.29) is 6.10 Å². The smallest absolute Gasteiger partial charge is 0.0812 e. The van der Waals surface area contributed by atoms with Gasteiger partial charge in [-0.1, -0.05) is 12.1 Å². The summed E-state index contributed by atoms with van der Waals surface area (Å²) in [5.74, 6) is 0. The van der Waals surface area contributed by atoms with Gasteiger partial charge in [0, 0.05) is 18.4 Å². The van der Waals surface area contributed by atoms with Gasteiger partial charge in [-0.25, -0.2) is 0 Å². The first-order valence-electron chi connectivity index (χ1n) is 4.04. The molecule has 0 spiro atoms. The maximum atomic E-state index is 5.82. The third-order valence-corrected chi connectivity index (χ3v) is 2.03. The average molecular weight is 165 g/mol. The molecule has 2 heteroatoms. The predicted octanol–water partition coefficient (Wildman–Crippen LogP) is 2.28. The van der Waals surface area contributed by atoms with Crippen molar-refractivity contribution in [3.05, 3.63) is 29.3 Å². The van der Waals surface area contributed by atoms with Crippen LogP contribution in [0.15, 0.2) is 18.2 Å². The van der Waals surface area contributed by atoms with Gasteiger partial charge in [0.25, 0.3) is 0 Å². The van der Waals surface area contributed by atoms with Crippen molar-refractivity contribution in [1.29, 1.82) is 0 Å². The lowest BCUT2D eigenvalue weighted by Gasteiger charge is -2.12.